The van der Waals surface area contributed by atoms with Crippen LogP contribution in [0.25, 0.3) is 0 Å². The van der Waals surface area contributed by atoms with Crippen LogP contribution in [0, 0.1) is 17.0 Å². The maximum atomic E-state index is 13.1. The molecule has 1 aliphatic heterocycles. The van der Waals surface area contributed by atoms with Crippen molar-refractivity contribution in [2.45, 2.75) is 19.3 Å². The van der Waals surface area contributed by atoms with Crippen molar-refractivity contribution < 1.29 is 13.9 Å². The van der Waals surface area contributed by atoms with Crippen molar-refractivity contribution in [3.05, 3.63) is 35.4 Å². The topological polar surface area (TPSA) is 32.3 Å². The normalized spacial score (nSPS) is 19.2. The third-order valence-electron chi connectivity index (χ3n) is 3.56. The quantitative estimate of drug-likeness (QED) is 0.846. The minimum atomic E-state index is -0.822. The molecule has 1 aliphatic rings. The molecule has 1 heterocycles. The molecule has 0 unspecified atom stereocenters. The van der Waals surface area contributed by atoms with E-state index in [-0.39, 0.29) is 12.0 Å². The van der Waals surface area contributed by atoms with E-state index < -0.39 is 11.6 Å². The zero-order valence-electron chi connectivity index (χ0n) is 9.68. The van der Waals surface area contributed by atoms with Gasteiger partial charge in [-0.05, 0) is 55.5 Å². The molecule has 2 nitrogen and oxygen atoms in total. The van der Waals surface area contributed by atoms with Gasteiger partial charge < -0.3 is 10.4 Å². The fourth-order valence-corrected chi connectivity index (χ4v) is 2.43. The van der Waals surface area contributed by atoms with Gasteiger partial charge in [0.2, 0.25) is 0 Å². The van der Waals surface area contributed by atoms with Crippen LogP contribution >= 0.6 is 0 Å². The van der Waals surface area contributed by atoms with E-state index in [1.54, 1.807) is 6.07 Å². The summed E-state index contributed by atoms with van der Waals surface area (Å²) in [5.74, 6) is -1.64. The van der Waals surface area contributed by atoms with E-state index in [1.807, 2.05) is 0 Å². The van der Waals surface area contributed by atoms with Gasteiger partial charge in [-0.2, -0.15) is 0 Å². The lowest BCUT2D eigenvalue weighted by molar-refractivity contribution is 0.0892. The maximum Gasteiger partial charge on any atom is 0.159 e. The van der Waals surface area contributed by atoms with E-state index in [9.17, 15) is 13.9 Å². The molecule has 0 bridgehead atoms. The van der Waals surface area contributed by atoms with Crippen molar-refractivity contribution in [2.24, 2.45) is 5.41 Å². The molecule has 2 rings (SSSR count). The van der Waals surface area contributed by atoms with Crippen LogP contribution in [-0.2, 0) is 6.42 Å². The molecule has 17 heavy (non-hydrogen) atoms. The highest BCUT2D eigenvalue weighted by atomic mass is 19.2. The Hall–Kier alpha value is -1.00. The minimum absolute atomic E-state index is 0.0909. The van der Waals surface area contributed by atoms with Crippen molar-refractivity contribution in [3.63, 3.8) is 0 Å². The lowest BCUT2D eigenvalue weighted by atomic mass is 9.75. The number of hydrogen-bond donors (Lipinski definition) is 2. The Morgan fingerprint density at radius 3 is 2.47 bits per heavy atom. The Bertz CT molecular complexity index is 389. The van der Waals surface area contributed by atoms with Crippen molar-refractivity contribution in [1.82, 2.24) is 5.32 Å². The van der Waals surface area contributed by atoms with E-state index in [0.717, 1.165) is 37.6 Å². The molecule has 94 valence electrons. The molecule has 0 spiro atoms. The minimum Gasteiger partial charge on any atom is -0.396 e. The highest BCUT2D eigenvalue weighted by Gasteiger charge is 2.31. The highest BCUT2D eigenvalue weighted by molar-refractivity contribution is 5.19. The Kier molecular flexibility index (Phi) is 3.74. The lowest BCUT2D eigenvalue weighted by Gasteiger charge is -2.36. The molecule has 0 amide bonds. The van der Waals surface area contributed by atoms with Crippen molar-refractivity contribution in [3.8, 4) is 0 Å². The number of rotatable bonds is 3. The summed E-state index contributed by atoms with van der Waals surface area (Å²) in [6.45, 7) is 1.82. The van der Waals surface area contributed by atoms with E-state index in [0.29, 0.717) is 6.42 Å². The van der Waals surface area contributed by atoms with E-state index in [4.69, 9.17) is 0 Å². The largest absolute Gasteiger partial charge is 0.396 e. The maximum absolute atomic E-state index is 13.1. The first kappa shape index (κ1) is 12.5. The lowest BCUT2D eigenvalue weighted by Crippen LogP contribution is -2.40. The molecule has 1 fully saturated rings. The third kappa shape index (κ3) is 2.82. The van der Waals surface area contributed by atoms with Crippen LogP contribution in [0.15, 0.2) is 18.2 Å². The molecule has 0 saturated carbocycles. The van der Waals surface area contributed by atoms with Gasteiger partial charge in [-0.25, -0.2) is 8.78 Å². The number of aliphatic hydroxyl groups excluding tert-OH is 1. The van der Waals surface area contributed by atoms with Gasteiger partial charge in [-0.3, -0.25) is 0 Å². The predicted octanol–water partition coefficient (Wildman–Crippen LogP) is 1.87. The Balaban J connectivity index is 2.14. The Morgan fingerprint density at radius 2 is 1.88 bits per heavy atom. The average Bonchev–Trinajstić information content (AvgIpc) is 2.35. The van der Waals surface area contributed by atoms with Crippen LogP contribution < -0.4 is 5.32 Å². The van der Waals surface area contributed by atoms with E-state index >= 15 is 0 Å². The first-order chi connectivity index (χ1) is 8.15. The molecule has 1 aromatic carbocycles. The Labute approximate surface area is 99.7 Å². The van der Waals surface area contributed by atoms with Gasteiger partial charge in [-0.1, -0.05) is 6.07 Å². The van der Waals surface area contributed by atoms with Gasteiger partial charge >= 0.3 is 0 Å². The monoisotopic (exact) mass is 241 g/mol. The zero-order chi connectivity index (χ0) is 12.3. The summed E-state index contributed by atoms with van der Waals surface area (Å²) >= 11 is 0. The molecule has 0 aliphatic carbocycles. The van der Waals surface area contributed by atoms with E-state index in [2.05, 4.69) is 5.32 Å². The molecule has 4 heteroatoms. The first-order valence-electron chi connectivity index (χ1n) is 5.91. The van der Waals surface area contributed by atoms with Gasteiger partial charge in [-0.15, -0.1) is 0 Å². The van der Waals surface area contributed by atoms with Gasteiger partial charge in [0.05, 0.1) is 0 Å². The number of halogens is 2. The molecule has 2 N–H and O–H groups in total. The van der Waals surface area contributed by atoms with Gasteiger partial charge in [0.25, 0.3) is 0 Å². The zero-order valence-corrected chi connectivity index (χ0v) is 9.68. The second-order valence-electron chi connectivity index (χ2n) is 4.83. The third-order valence-corrected chi connectivity index (χ3v) is 3.56. The summed E-state index contributed by atoms with van der Waals surface area (Å²) < 4.78 is 25.9. The van der Waals surface area contributed by atoms with Crippen molar-refractivity contribution in [2.75, 3.05) is 19.7 Å². The van der Waals surface area contributed by atoms with Crippen LogP contribution in [0.1, 0.15) is 18.4 Å². The molecule has 1 aromatic rings. The second kappa shape index (κ2) is 5.10. The number of hydrogen-bond acceptors (Lipinski definition) is 2. The van der Waals surface area contributed by atoms with Crippen LogP contribution in [0.5, 0.6) is 0 Å². The summed E-state index contributed by atoms with van der Waals surface area (Å²) in [7, 11) is 0. The standard InChI is InChI=1S/C13H17F2NO/c14-11-2-1-10(7-12(11)15)8-13(9-17)3-5-16-6-4-13/h1-2,7,16-17H,3-6,8-9H2. The molecule has 1 saturated heterocycles. The van der Waals surface area contributed by atoms with Crippen LogP contribution in [0.3, 0.4) is 0 Å². The first-order valence-corrected chi connectivity index (χ1v) is 5.91. The second-order valence-corrected chi connectivity index (χ2v) is 4.83. The highest BCUT2D eigenvalue weighted by Crippen LogP contribution is 2.32. The van der Waals surface area contributed by atoms with Crippen molar-refractivity contribution >= 4 is 0 Å². The Morgan fingerprint density at radius 1 is 1.18 bits per heavy atom. The van der Waals surface area contributed by atoms with Gasteiger partial charge in [0, 0.05) is 6.61 Å². The molecular weight excluding hydrogens is 224 g/mol. The molecular formula is C13H17F2NO. The summed E-state index contributed by atoms with van der Waals surface area (Å²) in [6, 6.07) is 3.98. The summed E-state index contributed by atoms with van der Waals surface area (Å²) in [5, 5.41) is 12.8. The van der Waals surface area contributed by atoms with Gasteiger partial charge in [0.1, 0.15) is 0 Å². The average molecular weight is 241 g/mol. The van der Waals surface area contributed by atoms with Crippen LogP contribution in [0.4, 0.5) is 8.78 Å². The van der Waals surface area contributed by atoms with Crippen LogP contribution in [0.2, 0.25) is 0 Å². The molecule has 0 aromatic heterocycles. The fourth-order valence-electron chi connectivity index (χ4n) is 2.43. The number of aliphatic hydroxyl groups is 1. The number of benzene rings is 1. The number of piperidine rings is 1. The fraction of sp³-hybridized carbons (Fsp3) is 0.538. The summed E-state index contributed by atoms with van der Waals surface area (Å²) in [5.41, 5.74) is 0.565. The van der Waals surface area contributed by atoms with E-state index in [1.165, 1.54) is 6.07 Å². The smallest absolute Gasteiger partial charge is 0.159 e. The predicted molar refractivity (Wildman–Crippen MR) is 61.7 cm³/mol. The van der Waals surface area contributed by atoms with Crippen LogP contribution in [-0.4, -0.2) is 24.8 Å². The molecule has 0 atom stereocenters. The summed E-state index contributed by atoms with van der Waals surface area (Å²) in [6.07, 6.45) is 2.33. The summed E-state index contributed by atoms with van der Waals surface area (Å²) in [4.78, 5) is 0. The number of nitrogens with one attached hydrogen (secondary N) is 1. The molecule has 0 radical (unpaired) electrons. The SMILES string of the molecule is OCC1(Cc2ccc(F)c(F)c2)CCNCC1. The van der Waals surface area contributed by atoms with Crippen molar-refractivity contribution in [1.29, 1.82) is 0 Å². The van der Waals surface area contributed by atoms with Gasteiger partial charge in [0.15, 0.2) is 11.6 Å².